The summed E-state index contributed by atoms with van der Waals surface area (Å²) < 4.78 is 48.3. The Morgan fingerprint density at radius 2 is 1.53 bits per heavy atom. The lowest BCUT2D eigenvalue weighted by molar-refractivity contribution is -0.274. The van der Waals surface area contributed by atoms with E-state index < -0.39 is 30.2 Å². The molecule has 1 aromatic heterocycles. The molecule has 0 radical (unpaired) electrons. The van der Waals surface area contributed by atoms with Gasteiger partial charge in [0.25, 0.3) is 5.91 Å². The van der Waals surface area contributed by atoms with Crippen molar-refractivity contribution in [3.63, 3.8) is 0 Å². The maximum absolute atomic E-state index is 13.9. The van der Waals surface area contributed by atoms with Crippen molar-refractivity contribution < 1.29 is 47.6 Å². The molecule has 2 atom stereocenters. The van der Waals surface area contributed by atoms with Crippen molar-refractivity contribution in [2.75, 3.05) is 19.6 Å². The number of alkyl halides is 3. The number of phenols is 1. The molecule has 5 aromatic carbocycles. The standard InChI is InChI=1S/C44H41F3N4O8/c45-44(46,47)59-33-16-12-28(13-17-33)26-51(23-5-22-48-25-38(53)35-18-20-37(52)41-36(35)19-21-39(54)49-41)42(55)31-14-10-29(11-15-31)27-58-34-9-4-8-32(24-34)40(50-43(56)57)30-6-2-1-3-7-30/h1-4,6-21,24,38,40,48,50,52-53H,5,22-23,25-27H2,(H,49,54)(H,56,57)/t38-,40?/m1/s1. The second-order valence-electron chi connectivity index (χ2n) is 13.6. The number of rotatable bonds is 17. The third-order valence-electron chi connectivity index (χ3n) is 9.40. The van der Waals surface area contributed by atoms with Crippen molar-refractivity contribution in [1.29, 1.82) is 0 Å². The fraction of sp³-hybridized carbons (Fsp3) is 0.205. The molecule has 1 unspecified atom stereocenters. The first-order valence-electron chi connectivity index (χ1n) is 18.6. The Morgan fingerprint density at radius 1 is 0.814 bits per heavy atom. The number of aliphatic hydroxyl groups is 1. The van der Waals surface area contributed by atoms with E-state index in [0.717, 1.165) is 11.1 Å². The van der Waals surface area contributed by atoms with Gasteiger partial charge in [0.15, 0.2) is 0 Å². The van der Waals surface area contributed by atoms with E-state index in [1.807, 2.05) is 30.3 Å². The minimum Gasteiger partial charge on any atom is -0.506 e. The van der Waals surface area contributed by atoms with Crippen LogP contribution in [0, 0.1) is 0 Å². The van der Waals surface area contributed by atoms with E-state index in [2.05, 4.69) is 20.4 Å². The smallest absolute Gasteiger partial charge is 0.506 e. The second kappa shape index (κ2) is 19.1. The minimum atomic E-state index is -4.84. The van der Waals surface area contributed by atoms with Gasteiger partial charge in [0.2, 0.25) is 5.56 Å². The monoisotopic (exact) mass is 810 g/mol. The van der Waals surface area contributed by atoms with Crippen LogP contribution in [0.3, 0.4) is 0 Å². The second-order valence-corrected chi connectivity index (χ2v) is 13.6. The molecule has 6 aromatic rings. The van der Waals surface area contributed by atoms with E-state index in [-0.39, 0.29) is 49.2 Å². The van der Waals surface area contributed by atoms with Crippen molar-refractivity contribution in [1.82, 2.24) is 20.5 Å². The van der Waals surface area contributed by atoms with Gasteiger partial charge in [0, 0.05) is 36.7 Å². The van der Waals surface area contributed by atoms with Gasteiger partial charge in [-0.3, -0.25) is 9.59 Å². The molecule has 0 aliphatic rings. The summed E-state index contributed by atoms with van der Waals surface area (Å²) in [6, 6.07) is 33.6. The summed E-state index contributed by atoms with van der Waals surface area (Å²) >= 11 is 0. The Kier molecular flexibility index (Phi) is 13.5. The van der Waals surface area contributed by atoms with Crippen molar-refractivity contribution >= 4 is 22.9 Å². The molecule has 0 saturated heterocycles. The first-order valence-corrected chi connectivity index (χ1v) is 18.6. The lowest BCUT2D eigenvalue weighted by Crippen LogP contribution is -2.33. The molecule has 306 valence electrons. The van der Waals surface area contributed by atoms with E-state index in [1.165, 1.54) is 42.5 Å². The maximum Gasteiger partial charge on any atom is 0.573 e. The van der Waals surface area contributed by atoms with Crippen LogP contribution >= 0.6 is 0 Å². The van der Waals surface area contributed by atoms with Crippen LogP contribution in [0.4, 0.5) is 18.0 Å². The van der Waals surface area contributed by atoms with Gasteiger partial charge in [-0.1, -0.05) is 72.8 Å². The fourth-order valence-electron chi connectivity index (χ4n) is 6.57. The topological polar surface area (TPSA) is 173 Å². The molecule has 12 nitrogen and oxygen atoms in total. The number of hydrogen-bond donors (Lipinski definition) is 6. The van der Waals surface area contributed by atoms with E-state index in [0.29, 0.717) is 46.4 Å². The highest BCUT2D eigenvalue weighted by Gasteiger charge is 2.31. The summed E-state index contributed by atoms with van der Waals surface area (Å²) in [6.07, 6.45) is -6.54. The third-order valence-corrected chi connectivity index (χ3v) is 9.40. The van der Waals surface area contributed by atoms with Crippen LogP contribution in [0.5, 0.6) is 17.2 Å². The zero-order chi connectivity index (χ0) is 41.9. The molecule has 0 aliphatic carbocycles. The third kappa shape index (κ3) is 11.6. The number of carboxylic acid groups (broad SMARTS) is 1. The van der Waals surface area contributed by atoms with Crippen LogP contribution in [0.15, 0.2) is 132 Å². The van der Waals surface area contributed by atoms with Gasteiger partial charge in [-0.05, 0) is 89.3 Å². The summed E-state index contributed by atoms with van der Waals surface area (Å²) in [5.41, 5.74) is 3.50. The number of pyridine rings is 1. The van der Waals surface area contributed by atoms with Gasteiger partial charge in [-0.15, -0.1) is 13.2 Å². The number of ether oxygens (including phenoxy) is 2. The van der Waals surface area contributed by atoms with Crippen LogP contribution in [0.2, 0.25) is 0 Å². The molecule has 15 heteroatoms. The van der Waals surface area contributed by atoms with Gasteiger partial charge in [0.1, 0.15) is 23.9 Å². The van der Waals surface area contributed by atoms with E-state index in [4.69, 9.17) is 4.74 Å². The number of amides is 2. The number of aliphatic hydroxyl groups excluding tert-OH is 1. The molecule has 0 saturated carbocycles. The van der Waals surface area contributed by atoms with Crippen molar-refractivity contribution in [2.24, 2.45) is 0 Å². The Bertz CT molecular complexity index is 2410. The molecule has 0 fully saturated rings. The van der Waals surface area contributed by atoms with Crippen LogP contribution in [-0.4, -0.2) is 63.2 Å². The number of carbonyl (C=O) groups excluding carboxylic acids is 1. The summed E-state index contributed by atoms with van der Waals surface area (Å²) in [6.45, 7) is 1.03. The van der Waals surface area contributed by atoms with Crippen molar-refractivity contribution in [3.8, 4) is 17.2 Å². The predicted octanol–water partition coefficient (Wildman–Crippen LogP) is 7.42. The van der Waals surface area contributed by atoms with Crippen molar-refractivity contribution in [2.45, 2.75) is 38.1 Å². The molecule has 6 N–H and O–H groups in total. The van der Waals surface area contributed by atoms with Gasteiger partial charge >= 0.3 is 12.5 Å². The SMILES string of the molecule is O=C(O)NC(c1ccccc1)c1cccc(OCc2ccc(C(=O)N(CCCNC[C@@H](O)c3ccc(O)c4[nH]c(=O)ccc34)Cc3ccc(OC(F)(F)F)cc3)cc2)c1. The summed E-state index contributed by atoms with van der Waals surface area (Å²) in [7, 11) is 0. The number of aromatic hydroxyl groups is 1. The van der Waals surface area contributed by atoms with Crippen LogP contribution in [0.25, 0.3) is 10.9 Å². The molecule has 59 heavy (non-hydrogen) atoms. The first kappa shape index (κ1) is 41.8. The maximum atomic E-state index is 13.9. The summed E-state index contributed by atoms with van der Waals surface area (Å²) in [5, 5.41) is 36.8. The molecule has 1 heterocycles. The highest BCUT2D eigenvalue weighted by molar-refractivity contribution is 5.94. The van der Waals surface area contributed by atoms with E-state index >= 15 is 0 Å². The Hall–Kier alpha value is -6.84. The van der Waals surface area contributed by atoms with Crippen LogP contribution in [0.1, 0.15) is 56.7 Å². The van der Waals surface area contributed by atoms with Crippen molar-refractivity contribution in [3.05, 3.63) is 171 Å². The van der Waals surface area contributed by atoms with Gasteiger partial charge in [-0.25, -0.2) is 4.79 Å². The number of benzene rings is 5. The van der Waals surface area contributed by atoms with E-state index in [1.54, 1.807) is 59.5 Å². The first-order chi connectivity index (χ1) is 28.3. The molecular weight excluding hydrogens is 769 g/mol. The average Bonchev–Trinajstić information content (AvgIpc) is 3.22. The predicted molar refractivity (Wildman–Crippen MR) is 213 cm³/mol. The molecular formula is C44H41F3N4O8. The number of aromatic amines is 1. The largest absolute Gasteiger partial charge is 0.573 e. The molecule has 2 amide bonds. The number of phenolic OH excluding ortho intramolecular Hbond substituents is 1. The highest BCUT2D eigenvalue weighted by atomic mass is 19.4. The zero-order valence-electron chi connectivity index (χ0n) is 31.5. The van der Waals surface area contributed by atoms with E-state index in [9.17, 15) is 42.9 Å². The summed E-state index contributed by atoms with van der Waals surface area (Å²) in [4.78, 5) is 41.4. The number of halogens is 3. The Morgan fingerprint density at radius 3 is 2.24 bits per heavy atom. The quantitative estimate of drug-likeness (QED) is 0.0513. The average molecular weight is 811 g/mol. The van der Waals surface area contributed by atoms with Gasteiger partial charge in [0.05, 0.1) is 17.7 Å². The minimum absolute atomic E-state index is 0.0906. The van der Waals surface area contributed by atoms with Crippen LogP contribution < -0.4 is 25.7 Å². The Labute approximate surface area is 336 Å². The fourth-order valence-corrected chi connectivity index (χ4v) is 6.57. The number of carbonyl (C=O) groups is 2. The summed E-state index contributed by atoms with van der Waals surface area (Å²) in [5.74, 6) is -0.304. The molecule has 0 bridgehead atoms. The van der Waals surface area contributed by atoms with Gasteiger partial charge < -0.3 is 45.3 Å². The number of nitrogens with zero attached hydrogens (tertiary/aromatic N) is 1. The van der Waals surface area contributed by atoms with Crippen LogP contribution in [-0.2, 0) is 13.2 Å². The number of aromatic nitrogens is 1. The van der Waals surface area contributed by atoms with Gasteiger partial charge in [-0.2, -0.15) is 0 Å². The number of nitrogens with one attached hydrogen (secondary N) is 3. The Balaban J connectivity index is 1.09. The number of H-pyrrole nitrogens is 1. The lowest BCUT2D eigenvalue weighted by atomic mass is 9.98. The lowest BCUT2D eigenvalue weighted by Gasteiger charge is -2.24. The number of fused-ring (bicyclic) bond motifs is 1. The normalized spacial score (nSPS) is 12.4. The number of hydrogen-bond acceptors (Lipinski definition) is 8. The zero-order valence-corrected chi connectivity index (χ0v) is 31.5. The highest BCUT2D eigenvalue weighted by Crippen LogP contribution is 2.29. The molecule has 6 rings (SSSR count). The molecule has 0 spiro atoms. The molecule has 0 aliphatic heterocycles.